The van der Waals surface area contributed by atoms with Crippen LogP contribution >= 0.6 is 0 Å². The number of aliphatic hydroxyl groups is 1. The Hall–Kier alpha value is -1.04. The van der Waals surface area contributed by atoms with Gasteiger partial charge in [-0.2, -0.15) is 0 Å². The van der Waals surface area contributed by atoms with Gasteiger partial charge in [0.15, 0.2) is 11.6 Å². The first-order chi connectivity index (χ1) is 7.13. The quantitative estimate of drug-likeness (QED) is 0.666. The zero-order valence-corrected chi connectivity index (χ0v) is 8.21. The van der Waals surface area contributed by atoms with Crippen molar-refractivity contribution >= 4 is 0 Å². The highest BCUT2D eigenvalue weighted by molar-refractivity contribution is 5.17. The maximum absolute atomic E-state index is 12.8. The summed E-state index contributed by atoms with van der Waals surface area (Å²) in [6.07, 6.45) is -0.615. The van der Waals surface area contributed by atoms with E-state index in [-0.39, 0.29) is 6.54 Å². The fourth-order valence-corrected chi connectivity index (χ4v) is 1.12. The van der Waals surface area contributed by atoms with Gasteiger partial charge in [0, 0.05) is 19.6 Å². The van der Waals surface area contributed by atoms with Crippen molar-refractivity contribution in [2.45, 2.75) is 12.6 Å². The van der Waals surface area contributed by atoms with Crippen molar-refractivity contribution in [1.29, 1.82) is 0 Å². The van der Waals surface area contributed by atoms with Crippen LogP contribution in [0, 0.1) is 11.6 Å². The molecule has 0 spiro atoms. The normalized spacial score (nSPS) is 12.8. The van der Waals surface area contributed by atoms with Gasteiger partial charge in [-0.25, -0.2) is 8.78 Å². The van der Waals surface area contributed by atoms with Gasteiger partial charge in [-0.1, -0.05) is 6.07 Å². The summed E-state index contributed by atoms with van der Waals surface area (Å²) >= 11 is 0. The first-order valence-corrected chi connectivity index (χ1v) is 4.66. The van der Waals surface area contributed by atoms with E-state index in [1.165, 1.54) is 6.07 Å². The number of hydrogen-bond donors (Lipinski definition) is 3. The van der Waals surface area contributed by atoms with Crippen LogP contribution in [-0.4, -0.2) is 24.3 Å². The third kappa shape index (κ3) is 3.91. The van der Waals surface area contributed by atoms with Crippen LogP contribution in [0.25, 0.3) is 0 Å². The molecule has 0 radical (unpaired) electrons. The molecule has 0 aliphatic rings. The Kier molecular flexibility index (Phi) is 4.61. The van der Waals surface area contributed by atoms with Crippen molar-refractivity contribution < 1.29 is 13.9 Å². The van der Waals surface area contributed by atoms with Gasteiger partial charge < -0.3 is 16.2 Å². The number of nitrogens with one attached hydrogen (secondary N) is 1. The topological polar surface area (TPSA) is 58.3 Å². The molecular formula is C10H14F2N2O. The molecule has 5 heteroatoms. The smallest absolute Gasteiger partial charge is 0.159 e. The largest absolute Gasteiger partial charge is 0.390 e. The fourth-order valence-electron chi connectivity index (χ4n) is 1.12. The SMILES string of the molecule is NCC(O)CNCc1ccc(F)c(F)c1. The summed E-state index contributed by atoms with van der Waals surface area (Å²) in [7, 11) is 0. The molecule has 4 N–H and O–H groups in total. The van der Waals surface area contributed by atoms with Crippen molar-refractivity contribution in [3.8, 4) is 0 Å². The van der Waals surface area contributed by atoms with Crippen LogP contribution in [0.3, 0.4) is 0 Å². The molecule has 0 aromatic heterocycles. The molecule has 0 aliphatic carbocycles. The summed E-state index contributed by atoms with van der Waals surface area (Å²) in [6, 6.07) is 3.68. The molecular weight excluding hydrogens is 202 g/mol. The van der Waals surface area contributed by atoms with E-state index < -0.39 is 17.7 Å². The monoisotopic (exact) mass is 216 g/mol. The van der Waals surface area contributed by atoms with Crippen molar-refractivity contribution in [3.63, 3.8) is 0 Å². The van der Waals surface area contributed by atoms with Gasteiger partial charge in [0.1, 0.15) is 0 Å². The Labute approximate surface area is 86.9 Å². The first kappa shape index (κ1) is 12.0. The molecule has 3 nitrogen and oxygen atoms in total. The molecule has 1 aromatic carbocycles. The van der Waals surface area contributed by atoms with Gasteiger partial charge in [0.25, 0.3) is 0 Å². The Morgan fingerprint density at radius 1 is 1.33 bits per heavy atom. The van der Waals surface area contributed by atoms with E-state index in [1.807, 2.05) is 0 Å². The minimum atomic E-state index is -0.867. The third-order valence-electron chi connectivity index (χ3n) is 1.97. The molecule has 0 saturated carbocycles. The maximum Gasteiger partial charge on any atom is 0.159 e. The van der Waals surface area contributed by atoms with Crippen molar-refractivity contribution in [3.05, 3.63) is 35.4 Å². The minimum Gasteiger partial charge on any atom is -0.390 e. The van der Waals surface area contributed by atoms with E-state index in [4.69, 9.17) is 10.8 Å². The molecule has 0 saturated heterocycles. The second kappa shape index (κ2) is 5.75. The lowest BCUT2D eigenvalue weighted by Crippen LogP contribution is -2.32. The molecule has 1 atom stereocenters. The summed E-state index contributed by atoms with van der Waals surface area (Å²) in [4.78, 5) is 0. The molecule has 1 rings (SSSR count). The van der Waals surface area contributed by atoms with Gasteiger partial charge in [-0.3, -0.25) is 0 Å². The van der Waals surface area contributed by atoms with Gasteiger partial charge in [-0.05, 0) is 17.7 Å². The second-order valence-electron chi connectivity index (χ2n) is 3.27. The highest BCUT2D eigenvalue weighted by Gasteiger charge is 2.03. The van der Waals surface area contributed by atoms with Crippen molar-refractivity contribution in [1.82, 2.24) is 5.32 Å². The van der Waals surface area contributed by atoms with Crippen LogP contribution in [-0.2, 0) is 6.54 Å². The van der Waals surface area contributed by atoms with Crippen molar-refractivity contribution in [2.24, 2.45) is 5.73 Å². The van der Waals surface area contributed by atoms with E-state index >= 15 is 0 Å². The number of halogens is 2. The predicted molar refractivity (Wildman–Crippen MR) is 53.1 cm³/mol. The van der Waals surface area contributed by atoms with Crippen LogP contribution in [0.5, 0.6) is 0 Å². The van der Waals surface area contributed by atoms with Gasteiger partial charge in [0.2, 0.25) is 0 Å². The summed E-state index contributed by atoms with van der Waals surface area (Å²) < 4.78 is 25.3. The molecule has 0 heterocycles. The van der Waals surface area contributed by atoms with Crippen LogP contribution in [0.1, 0.15) is 5.56 Å². The van der Waals surface area contributed by atoms with E-state index in [0.717, 1.165) is 12.1 Å². The lowest BCUT2D eigenvalue weighted by Gasteiger charge is -2.09. The maximum atomic E-state index is 12.8. The van der Waals surface area contributed by atoms with Gasteiger partial charge in [0.05, 0.1) is 6.10 Å². The Morgan fingerprint density at radius 2 is 2.07 bits per heavy atom. The third-order valence-corrected chi connectivity index (χ3v) is 1.97. The summed E-state index contributed by atoms with van der Waals surface area (Å²) in [6.45, 7) is 0.870. The number of benzene rings is 1. The van der Waals surface area contributed by atoms with Gasteiger partial charge in [-0.15, -0.1) is 0 Å². The second-order valence-corrected chi connectivity index (χ2v) is 3.27. The van der Waals surface area contributed by atoms with E-state index in [0.29, 0.717) is 18.7 Å². The standard InChI is InChI=1S/C10H14F2N2O/c11-9-2-1-7(3-10(9)12)5-14-6-8(15)4-13/h1-3,8,14-15H,4-6,13H2. The van der Waals surface area contributed by atoms with E-state index in [1.54, 1.807) is 0 Å². The Balaban J connectivity index is 2.41. The first-order valence-electron chi connectivity index (χ1n) is 4.66. The molecule has 1 aromatic rings. The predicted octanol–water partition coefficient (Wildman–Crippen LogP) is 0.374. The highest BCUT2D eigenvalue weighted by atomic mass is 19.2. The van der Waals surface area contributed by atoms with Crippen LogP contribution in [0.2, 0.25) is 0 Å². The molecule has 84 valence electrons. The summed E-state index contributed by atoms with van der Waals surface area (Å²) in [5, 5.41) is 12.0. The molecule has 0 amide bonds. The Morgan fingerprint density at radius 3 is 2.67 bits per heavy atom. The van der Waals surface area contributed by atoms with Crippen LogP contribution in [0.15, 0.2) is 18.2 Å². The molecule has 0 fully saturated rings. The highest BCUT2D eigenvalue weighted by Crippen LogP contribution is 2.08. The lowest BCUT2D eigenvalue weighted by molar-refractivity contribution is 0.179. The van der Waals surface area contributed by atoms with E-state index in [2.05, 4.69) is 5.32 Å². The van der Waals surface area contributed by atoms with Crippen LogP contribution in [0.4, 0.5) is 8.78 Å². The molecule has 1 unspecified atom stereocenters. The number of nitrogens with two attached hydrogens (primary N) is 1. The van der Waals surface area contributed by atoms with Crippen LogP contribution < -0.4 is 11.1 Å². The number of rotatable bonds is 5. The van der Waals surface area contributed by atoms with Crippen molar-refractivity contribution in [2.75, 3.05) is 13.1 Å². The average molecular weight is 216 g/mol. The number of aliphatic hydroxyl groups excluding tert-OH is 1. The molecule has 0 aliphatic heterocycles. The zero-order valence-electron chi connectivity index (χ0n) is 8.21. The van der Waals surface area contributed by atoms with Gasteiger partial charge >= 0.3 is 0 Å². The average Bonchev–Trinajstić information content (AvgIpc) is 2.23. The zero-order chi connectivity index (χ0) is 11.3. The minimum absolute atomic E-state index is 0.171. The molecule has 15 heavy (non-hydrogen) atoms. The summed E-state index contributed by atoms with van der Waals surface area (Å²) in [5.41, 5.74) is 5.82. The Bertz CT molecular complexity index is 320. The summed E-state index contributed by atoms with van der Waals surface area (Å²) in [5.74, 6) is -1.73. The number of hydrogen-bond acceptors (Lipinski definition) is 3. The van der Waals surface area contributed by atoms with E-state index in [9.17, 15) is 8.78 Å². The lowest BCUT2D eigenvalue weighted by atomic mass is 10.2. The fraction of sp³-hybridized carbons (Fsp3) is 0.400. The molecule has 0 bridgehead atoms.